The zero-order valence-corrected chi connectivity index (χ0v) is 25.1. The predicted octanol–water partition coefficient (Wildman–Crippen LogP) is 4.62. The number of fused-ring (bicyclic) bond motifs is 2. The van der Waals surface area contributed by atoms with Gasteiger partial charge in [-0.25, -0.2) is 0 Å². The molecular weight excluding hydrogens is 528 g/mol. The topological polar surface area (TPSA) is 85.3 Å². The van der Waals surface area contributed by atoms with Gasteiger partial charge in [-0.3, -0.25) is 4.79 Å². The van der Waals surface area contributed by atoms with E-state index in [9.17, 15) is 9.90 Å². The van der Waals surface area contributed by atoms with Gasteiger partial charge in [0.15, 0.2) is 0 Å². The van der Waals surface area contributed by atoms with E-state index in [0.29, 0.717) is 45.3 Å². The van der Waals surface area contributed by atoms with Crippen LogP contribution in [0, 0.1) is 0 Å². The molecule has 4 heterocycles. The van der Waals surface area contributed by atoms with Gasteiger partial charge in [0, 0.05) is 62.0 Å². The van der Waals surface area contributed by atoms with Gasteiger partial charge in [-0.05, 0) is 56.3 Å². The Balaban J connectivity index is 0.00000173. The molecule has 0 atom stereocenters. The van der Waals surface area contributed by atoms with Gasteiger partial charge in [-0.1, -0.05) is 44.7 Å². The molecule has 0 bridgehead atoms. The highest BCUT2D eigenvalue weighted by molar-refractivity contribution is 5.95. The Hall–Kier alpha value is -3.85. The third kappa shape index (κ3) is 6.62. The van der Waals surface area contributed by atoms with Gasteiger partial charge < -0.3 is 29.4 Å². The Labute approximate surface area is 249 Å². The molecule has 0 unspecified atom stereocenters. The fraction of sp³-hybridized carbons (Fsp3) is 0.485. The van der Waals surface area contributed by atoms with Gasteiger partial charge in [0.1, 0.15) is 11.6 Å². The van der Waals surface area contributed by atoms with Gasteiger partial charge in [0.25, 0.3) is 0 Å². The SMILES string of the molecule is C=CC(=O)N1CCN(c2nc(OCCCN3CCCC3)nc3c2CCN(c2cc(O)cc4ccccc24)C3)CC1.CC. The molecule has 9 heteroatoms. The Morgan fingerprint density at radius 3 is 2.52 bits per heavy atom. The van der Waals surface area contributed by atoms with E-state index in [0.717, 1.165) is 59.5 Å². The molecule has 0 spiro atoms. The van der Waals surface area contributed by atoms with Crippen molar-refractivity contribution < 1.29 is 14.6 Å². The van der Waals surface area contributed by atoms with Crippen molar-refractivity contribution >= 4 is 28.2 Å². The molecule has 3 aliphatic heterocycles. The van der Waals surface area contributed by atoms with E-state index < -0.39 is 0 Å². The van der Waals surface area contributed by atoms with Gasteiger partial charge >= 0.3 is 6.01 Å². The van der Waals surface area contributed by atoms with Gasteiger partial charge in [0.05, 0.1) is 18.8 Å². The summed E-state index contributed by atoms with van der Waals surface area (Å²) in [5.74, 6) is 1.16. The third-order valence-corrected chi connectivity index (χ3v) is 8.30. The summed E-state index contributed by atoms with van der Waals surface area (Å²) in [6.45, 7) is 15.7. The molecule has 1 amide bonds. The maximum Gasteiger partial charge on any atom is 0.318 e. The van der Waals surface area contributed by atoms with Crippen LogP contribution in [0.2, 0.25) is 0 Å². The number of nitrogens with zero attached hydrogens (tertiary/aromatic N) is 6. The van der Waals surface area contributed by atoms with E-state index in [1.54, 1.807) is 0 Å². The van der Waals surface area contributed by atoms with Crippen molar-refractivity contribution in [3.8, 4) is 11.8 Å². The van der Waals surface area contributed by atoms with Crippen molar-refractivity contribution in [2.45, 2.75) is 46.1 Å². The average Bonchev–Trinajstić information content (AvgIpc) is 3.56. The smallest absolute Gasteiger partial charge is 0.318 e. The van der Waals surface area contributed by atoms with Gasteiger partial charge in [0.2, 0.25) is 5.91 Å². The zero-order valence-electron chi connectivity index (χ0n) is 25.1. The van der Waals surface area contributed by atoms with Crippen molar-refractivity contribution in [2.24, 2.45) is 0 Å². The van der Waals surface area contributed by atoms with Crippen molar-refractivity contribution in [2.75, 3.05) is 68.8 Å². The molecule has 2 fully saturated rings. The molecular formula is C33H44N6O3. The molecule has 0 radical (unpaired) electrons. The number of ether oxygens (including phenoxy) is 1. The van der Waals surface area contributed by atoms with Crippen LogP contribution in [0.25, 0.3) is 10.8 Å². The van der Waals surface area contributed by atoms with Crippen LogP contribution >= 0.6 is 0 Å². The highest BCUT2D eigenvalue weighted by Gasteiger charge is 2.29. The fourth-order valence-electron chi connectivity index (χ4n) is 6.18. The molecule has 1 N–H and O–H groups in total. The van der Waals surface area contributed by atoms with Gasteiger partial charge in [-0.15, -0.1) is 0 Å². The maximum atomic E-state index is 12.1. The number of carbonyl (C=O) groups excluding carboxylic acids is 1. The summed E-state index contributed by atoms with van der Waals surface area (Å²) >= 11 is 0. The van der Waals surface area contributed by atoms with E-state index in [-0.39, 0.29) is 11.7 Å². The molecule has 2 aromatic carbocycles. The van der Waals surface area contributed by atoms with Gasteiger partial charge in [-0.2, -0.15) is 9.97 Å². The minimum Gasteiger partial charge on any atom is -0.508 e. The van der Waals surface area contributed by atoms with E-state index >= 15 is 0 Å². The van der Waals surface area contributed by atoms with Crippen LogP contribution < -0.4 is 14.5 Å². The minimum atomic E-state index is -0.0274. The lowest BCUT2D eigenvalue weighted by atomic mass is 10.0. The Bertz CT molecular complexity index is 1380. The van der Waals surface area contributed by atoms with Crippen LogP contribution in [0.1, 0.15) is 44.4 Å². The van der Waals surface area contributed by atoms with Crippen LogP contribution in [0.5, 0.6) is 11.8 Å². The number of piperazine rings is 1. The Kier molecular flexibility index (Phi) is 9.79. The molecule has 1 aromatic heterocycles. The largest absolute Gasteiger partial charge is 0.508 e. The summed E-state index contributed by atoms with van der Waals surface area (Å²) in [7, 11) is 0. The van der Waals surface area contributed by atoms with Crippen LogP contribution in [-0.2, 0) is 17.8 Å². The first kappa shape index (κ1) is 29.6. The number of aromatic hydroxyl groups is 1. The lowest BCUT2D eigenvalue weighted by Crippen LogP contribution is -2.49. The van der Waals surface area contributed by atoms with Crippen molar-refractivity contribution in [3.05, 3.63) is 60.3 Å². The van der Waals surface area contributed by atoms with Crippen molar-refractivity contribution in [1.82, 2.24) is 19.8 Å². The first-order valence-corrected chi connectivity index (χ1v) is 15.5. The molecule has 224 valence electrons. The normalized spacial score (nSPS) is 17.0. The number of hydrogen-bond acceptors (Lipinski definition) is 8. The summed E-state index contributed by atoms with van der Waals surface area (Å²) in [6.07, 6.45) is 5.69. The number of carbonyl (C=O) groups is 1. The lowest BCUT2D eigenvalue weighted by Gasteiger charge is -2.38. The number of phenolic OH excluding ortho intramolecular Hbond substituents is 1. The Morgan fingerprint density at radius 2 is 1.76 bits per heavy atom. The number of hydrogen-bond donors (Lipinski definition) is 1. The second-order valence-electron chi connectivity index (χ2n) is 10.9. The highest BCUT2D eigenvalue weighted by atomic mass is 16.5. The molecule has 42 heavy (non-hydrogen) atoms. The van der Waals surface area contributed by atoms with Crippen LogP contribution in [0.3, 0.4) is 0 Å². The first-order chi connectivity index (χ1) is 20.6. The minimum absolute atomic E-state index is 0.0274. The Morgan fingerprint density at radius 1 is 1.00 bits per heavy atom. The number of amides is 1. The fourth-order valence-corrected chi connectivity index (χ4v) is 6.18. The zero-order chi connectivity index (χ0) is 29.5. The van der Waals surface area contributed by atoms with Crippen molar-refractivity contribution in [3.63, 3.8) is 0 Å². The molecule has 9 nitrogen and oxygen atoms in total. The number of aromatic nitrogens is 2. The highest BCUT2D eigenvalue weighted by Crippen LogP contribution is 2.36. The molecule has 2 saturated heterocycles. The molecule has 6 rings (SSSR count). The lowest BCUT2D eigenvalue weighted by molar-refractivity contribution is -0.126. The molecule has 3 aliphatic rings. The average molecular weight is 573 g/mol. The predicted molar refractivity (Wildman–Crippen MR) is 169 cm³/mol. The second kappa shape index (κ2) is 13.9. The number of benzene rings is 2. The second-order valence-corrected chi connectivity index (χ2v) is 10.9. The molecule has 0 saturated carbocycles. The number of rotatable bonds is 8. The maximum absolute atomic E-state index is 12.1. The van der Waals surface area contributed by atoms with Crippen LogP contribution in [0.4, 0.5) is 11.5 Å². The van der Waals surface area contributed by atoms with E-state index in [4.69, 9.17) is 14.7 Å². The van der Waals surface area contributed by atoms with E-state index in [2.05, 4.69) is 27.3 Å². The summed E-state index contributed by atoms with van der Waals surface area (Å²) in [6, 6.07) is 12.2. The summed E-state index contributed by atoms with van der Waals surface area (Å²) in [4.78, 5) is 30.9. The van der Waals surface area contributed by atoms with Crippen LogP contribution in [0.15, 0.2) is 49.1 Å². The van der Waals surface area contributed by atoms with E-state index in [1.165, 1.54) is 32.0 Å². The standard InChI is InChI=1S/C31H38N6O3.C2H6/c1-2-29(39)35-15-17-36(18-16-35)30-26-10-14-37(28-21-24(38)20-23-8-3-4-9-25(23)28)22-27(26)32-31(33-30)40-19-7-13-34-11-5-6-12-34;1-2/h2-4,8-9,20-21,38H,1,5-7,10-19,22H2;1-2H3. The number of likely N-dealkylation sites (tertiary alicyclic amines) is 1. The summed E-state index contributed by atoms with van der Waals surface area (Å²) in [5, 5.41) is 12.6. The van der Waals surface area contributed by atoms with Crippen LogP contribution in [-0.4, -0.2) is 89.7 Å². The summed E-state index contributed by atoms with van der Waals surface area (Å²) in [5.41, 5.74) is 3.11. The number of anilines is 2. The molecule has 3 aromatic rings. The quantitative estimate of drug-likeness (QED) is 0.309. The first-order valence-electron chi connectivity index (χ1n) is 15.5. The molecule has 0 aliphatic carbocycles. The van der Waals surface area contributed by atoms with Crippen molar-refractivity contribution in [1.29, 1.82) is 0 Å². The summed E-state index contributed by atoms with van der Waals surface area (Å²) < 4.78 is 6.16. The van der Waals surface area contributed by atoms with E-state index in [1.807, 2.05) is 49.1 Å². The third-order valence-electron chi connectivity index (χ3n) is 8.30. The monoisotopic (exact) mass is 572 g/mol. The number of phenols is 1.